The summed E-state index contributed by atoms with van der Waals surface area (Å²) in [5.74, 6) is -0.478. The normalized spacial score (nSPS) is 10.2. The summed E-state index contributed by atoms with van der Waals surface area (Å²) in [6, 6.07) is 4.53. The Balaban J connectivity index is 2.45. The molecule has 0 atom stereocenters. The van der Waals surface area contributed by atoms with Gasteiger partial charge < -0.3 is 20.7 Å². The van der Waals surface area contributed by atoms with Crippen LogP contribution in [0.25, 0.3) is 0 Å². The van der Waals surface area contributed by atoms with E-state index in [0.29, 0.717) is 12.4 Å². The molecular weight excluding hydrogens is 222 g/mol. The van der Waals surface area contributed by atoms with Crippen molar-refractivity contribution in [1.29, 1.82) is 0 Å². The van der Waals surface area contributed by atoms with Gasteiger partial charge in [0.1, 0.15) is 5.75 Å². The summed E-state index contributed by atoms with van der Waals surface area (Å²) in [4.78, 5) is 10.7. The third-order valence-electron chi connectivity index (χ3n) is 2.32. The number of carbonyl (C=O) groups is 1. The van der Waals surface area contributed by atoms with Gasteiger partial charge in [-0.2, -0.15) is 0 Å². The van der Waals surface area contributed by atoms with Crippen LogP contribution in [0.2, 0.25) is 0 Å². The van der Waals surface area contributed by atoms with Crippen molar-refractivity contribution in [3.8, 4) is 5.75 Å². The van der Waals surface area contributed by atoms with Gasteiger partial charge in [-0.3, -0.25) is 0 Å². The summed E-state index contributed by atoms with van der Waals surface area (Å²) >= 11 is 0. The van der Waals surface area contributed by atoms with Crippen LogP contribution in [0.4, 0.5) is 5.69 Å². The Labute approximate surface area is 99.8 Å². The van der Waals surface area contributed by atoms with E-state index in [0.717, 1.165) is 19.3 Å². The molecule has 1 aromatic rings. The third-order valence-corrected chi connectivity index (χ3v) is 2.32. The van der Waals surface area contributed by atoms with Crippen molar-refractivity contribution >= 4 is 11.7 Å². The highest BCUT2D eigenvalue weighted by atomic mass is 16.5. The SMILES string of the molecule is Nc1cc(OCCCCCO)ccc1C(=O)O. The second-order valence-electron chi connectivity index (χ2n) is 3.69. The van der Waals surface area contributed by atoms with Gasteiger partial charge >= 0.3 is 5.97 Å². The number of aliphatic hydroxyl groups excluding tert-OH is 1. The van der Waals surface area contributed by atoms with E-state index in [4.69, 9.17) is 20.7 Å². The van der Waals surface area contributed by atoms with Gasteiger partial charge in [-0.05, 0) is 31.4 Å². The Morgan fingerprint density at radius 1 is 1.29 bits per heavy atom. The average molecular weight is 239 g/mol. The molecule has 1 rings (SSSR count). The fraction of sp³-hybridized carbons (Fsp3) is 0.417. The van der Waals surface area contributed by atoms with Crippen LogP contribution >= 0.6 is 0 Å². The lowest BCUT2D eigenvalue weighted by Gasteiger charge is -2.07. The molecule has 4 N–H and O–H groups in total. The number of nitrogens with two attached hydrogens (primary N) is 1. The number of hydrogen-bond donors (Lipinski definition) is 3. The number of unbranched alkanes of at least 4 members (excludes halogenated alkanes) is 2. The number of hydrogen-bond acceptors (Lipinski definition) is 4. The predicted molar refractivity (Wildman–Crippen MR) is 64.2 cm³/mol. The minimum absolute atomic E-state index is 0.0811. The molecule has 0 unspecified atom stereocenters. The van der Waals surface area contributed by atoms with Gasteiger partial charge in [0.05, 0.1) is 12.2 Å². The molecular formula is C12H17NO4. The zero-order valence-corrected chi connectivity index (χ0v) is 9.56. The van der Waals surface area contributed by atoms with Crippen LogP contribution in [-0.2, 0) is 0 Å². The quantitative estimate of drug-likeness (QED) is 0.495. The number of nitrogen functional groups attached to an aromatic ring is 1. The van der Waals surface area contributed by atoms with Crippen LogP contribution in [0.5, 0.6) is 5.75 Å². The summed E-state index contributed by atoms with van der Waals surface area (Å²) in [5.41, 5.74) is 5.86. The first-order valence-electron chi connectivity index (χ1n) is 5.51. The van der Waals surface area contributed by atoms with E-state index in [-0.39, 0.29) is 17.9 Å². The lowest BCUT2D eigenvalue weighted by molar-refractivity contribution is 0.0698. The number of benzene rings is 1. The van der Waals surface area contributed by atoms with E-state index >= 15 is 0 Å². The molecule has 5 heteroatoms. The van der Waals surface area contributed by atoms with Crippen LogP contribution in [0.3, 0.4) is 0 Å². The van der Waals surface area contributed by atoms with Gasteiger partial charge in [-0.15, -0.1) is 0 Å². The number of carboxylic acid groups (broad SMARTS) is 1. The summed E-state index contributed by atoms with van der Waals surface area (Å²) in [7, 11) is 0. The molecule has 0 fully saturated rings. The molecule has 0 aliphatic heterocycles. The molecule has 0 aromatic heterocycles. The van der Waals surface area contributed by atoms with E-state index in [1.54, 1.807) is 6.07 Å². The number of aliphatic hydroxyl groups is 1. The molecule has 0 heterocycles. The van der Waals surface area contributed by atoms with E-state index in [2.05, 4.69) is 0 Å². The first kappa shape index (κ1) is 13.3. The van der Waals surface area contributed by atoms with Crippen molar-refractivity contribution in [1.82, 2.24) is 0 Å². The molecule has 1 aromatic carbocycles. The zero-order valence-electron chi connectivity index (χ0n) is 9.56. The maximum atomic E-state index is 10.7. The molecule has 0 saturated heterocycles. The smallest absolute Gasteiger partial charge is 0.337 e. The molecule has 0 aliphatic rings. The molecule has 0 saturated carbocycles. The molecule has 0 radical (unpaired) electrons. The van der Waals surface area contributed by atoms with Crippen LogP contribution in [0.15, 0.2) is 18.2 Å². The summed E-state index contributed by atoms with van der Waals surface area (Å²) in [5, 5.41) is 17.4. The lowest BCUT2D eigenvalue weighted by Crippen LogP contribution is -2.03. The first-order chi connectivity index (χ1) is 8.15. The number of rotatable bonds is 7. The molecule has 0 bridgehead atoms. The van der Waals surface area contributed by atoms with Crippen molar-refractivity contribution < 1.29 is 19.7 Å². The van der Waals surface area contributed by atoms with Gasteiger partial charge in [-0.1, -0.05) is 0 Å². The largest absolute Gasteiger partial charge is 0.494 e. The number of ether oxygens (including phenoxy) is 1. The van der Waals surface area contributed by atoms with Crippen molar-refractivity contribution in [2.45, 2.75) is 19.3 Å². The highest BCUT2D eigenvalue weighted by molar-refractivity contribution is 5.93. The highest BCUT2D eigenvalue weighted by Gasteiger charge is 2.08. The average Bonchev–Trinajstić information content (AvgIpc) is 2.28. The second-order valence-corrected chi connectivity index (χ2v) is 3.69. The molecule has 5 nitrogen and oxygen atoms in total. The van der Waals surface area contributed by atoms with E-state index in [9.17, 15) is 4.79 Å². The van der Waals surface area contributed by atoms with Crippen molar-refractivity contribution in [3.63, 3.8) is 0 Å². The Bertz CT molecular complexity index is 379. The van der Waals surface area contributed by atoms with Gasteiger partial charge in [0, 0.05) is 18.4 Å². The summed E-state index contributed by atoms with van der Waals surface area (Å²) < 4.78 is 5.41. The van der Waals surface area contributed by atoms with Crippen LogP contribution in [-0.4, -0.2) is 29.4 Å². The number of carboxylic acids is 1. The fourth-order valence-corrected chi connectivity index (χ4v) is 1.41. The van der Waals surface area contributed by atoms with Crippen molar-refractivity contribution in [2.24, 2.45) is 0 Å². The third kappa shape index (κ3) is 4.32. The van der Waals surface area contributed by atoms with Crippen LogP contribution < -0.4 is 10.5 Å². The Hall–Kier alpha value is -1.75. The molecule has 0 spiro atoms. The monoisotopic (exact) mass is 239 g/mol. The fourth-order valence-electron chi connectivity index (χ4n) is 1.41. The Morgan fingerprint density at radius 2 is 2.06 bits per heavy atom. The maximum absolute atomic E-state index is 10.7. The highest BCUT2D eigenvalue weighted by Crippen LogP contribution is 2.20. The minimum atomic E-state index is -1.04. The van der Waals surface area contributed by atoms with Crippen molar-refractivity contribution in [3.05, 3.63) is 23.8 Å². The van der Waals surface area contributed by atoms with Gasteiger partial charge in [-0.25, -0.2) is 4.79 Å². The lowest BCUT2D eigenvalue weighted by atomic mass is 10.2. The minimum Gasteiger partial charge on any atom is -0.494 e. The summed E-state index contributed by atoms with van der Waals surface area (Å²) in [6.45, 7) is 0.728. The van der Waals surface area contributed by atoms with E-state index in [1.165, 1.54) is 12.1 Å². The van der Waals surface area contributed by atoms with E-state index in [1.807, 2.05) is 0 Å². The zero-order chi connectivity index (χ0) is 12.7. The van der Waals surface area contributed by atoms with E-state index < -0.39 is 5.97 Å². The number of aromatic carboxylic acids is 1. The van der Waals surface area contributed by atoms with Gasteiger partial charge in [0.25, 0.3) is 0 Å². The Morgan fingerprint density at radius 3 is 2.65 bits per heavy atom. The number of anilines is 1. The molecule has 17 heavy (non-hydrogen) atoms. The van der Waals surface area contributed by atoms with Gasteiger partial charge in [0.2, 0.25) is 0 Å². The molecule has 0 aliphatic carbocycles. The van der Waals surface area contributed by atoms with Crippen LogP contribution in [0, 0.1) is 0 Å². The second kappa shape index (κ2) is 6.75. The first-order valence-corrected chi connectivity index (χ1v) is 5.51. The molecule has 0 amide bonds. The standard InChI is InChI=1S/C12H17NO4/c13-11-8-9(4-5-10(11)12(15)16)17-7-3-1-2-6-14/h4-5,8,14H,1-3,6-7,13H2,(H,15,16). The summed E-state index contributed by atoms with van der Waals surface area (Å²) in [6.07, 6.45) is 2.52. The predicted octanol–water partition coefficient (Wildman–Crippen LogP) is 1.51. The molecule has 94 valence electrons. The van der Waals surface area contributed by atoms with Crippen molar-refractivity contribution in [2.75, 3.05) is 18.9 Å². The Kier molecular flexibility index (Phi) is 5.29. The van der Waals surface area contributed by atoms with Crippen LogP contribution in [0.1, 0.15) is 29.6 Å². The van der Waals surface area contributed by atoms with Gasteiger partial charge in [0.15, 0.2) is 0 Å². The topological polar surface area (TPSA) is 92.8 Å². The maximum Gasteiger partial charge on any atom is 0.337 e.